The molecule has 13 heteroatoms. The largest absolute Gasteiger partial charge is 0.390 e. The molecule has 0 bridgehead atoms. The number of hydrogen-bond acceptors (Lipinski definition) is 6. The zero-order chi connectivity index (χ0) is 25.1. The van der Waals surface area contributed by atoms with Crippen LogP contribution in [0.1, 0.15) is 20.3 Å². The van der Waals surface area contributed by atoms with Crippen molar-refractivity contribution < 1.29 is 22.7 Å². The van der Waals surface area contributed by atoms with Gasteiger partial charge in [0, 0.05) is 19.3 Å². The van der Waals surface area contributed by atoms with E-state index in [1.165, 1.54) is 9.13 Å². The first-order valence-electron chi connectivity index (χ1n) is 10.4. The van der Waals surface area contributed by atoms with Crippen LogP contribution in [-0.2, 0) is 13.6 Å². The van der Waals surface area contributed by atoms with Crippen molar-refractivity contribution in [3.05, 3.63) is 39.9 Å². The van der Waals surface area contributed by atoms with Gasteiger partial charge in [-0.3, -0.25) is 9.13 Å². The second kappa shape index (κ2) is 8.12. The number of imidazole rings is 1. The lowest BCUT2D eigenvalue weighted by atomic mass is 10.1. The lowest BCUT2D eigenvalue weighted by molar-refractivity contribution is -0.172. The van der Waals surface area contributed by atoms with E-state index in [4.69, 9.17) is 11.6 Å². The van der Waals surface area contributed by atoms with E-state index in [1.807, 2.05) is 0 Å². The van der Waals surface area contributed by atoms with Gasteiger partial charge in [-0.15, -0.1) is 0 Å². The Balaban J connectivity index is 1.65. The van der Waals surface area contributed by atoms with E-state index in [2.05, 4.69) is 15.3 Å². The number of fused-ring (bicyclic) bond motifs is 1. The minimum Gasteiger partial charge on any atom is -0.390 e. The number of nitrogens with one attached hydrogen (secondary N) is 1. The first kappa shape index (κ1) is 24.3. The first-order valence-corrected chi connectivity index (χ1v) is 10.8. The zero-order valence-electron chi connectivity index (χ0n) is 18.6. The average molecular weight is 503 g/mol. The SMILES string of the molecule is Cn1c(=O)n(CCC(C)(C)O)c2cc(Nc3nc(N4CC(F)(F)C(F)(F)C4)ncc3Cl)ccc21. The van der Waals surface area contributed by atoms with Crippen LogP contribution in [-0.4, -0.2) is 54.7 Å². The maximum Gasteiger partial charge on any atom is 0.329 e. The number of aliphatic hydroxyl groups is 1. The Bertz CT molecular complexity index is 1280. The molecule has 34 heavy (non-hydrogen) atoms. The summed E-state index contributed by atoms with van der Waals surface area (Å²) in [5.74, 6) is -8.68. The molecule has 0 atom stereocenters. The molecule has 4 rings (SSSR count). The number of nitrogens with zero attached hydrogens (tertiary/aromatic N) is 5. The van der Waals surface area contributed by atoms with Gasteiger partial charge < -0.3 is 15.3 Å². The van der Waals surface area contributed by atoms with Crippen LogP contribution < -0.4 is 15.9 Å². The van der Waals surface area contributed by atoms with E-state index < -0.39 is 30.5 Å². The molecular weight excluding hydrogens is 480 g/mol. The molecule has 0 radical (unpaired) electrons. The van der Waals surface area contributed by atoms with Gasteiger partial charge in [-0.2, -0.15) is 22.5 Å². The molecule has 1 fully saturated rings. The third kappa shape index (κ3) is 4.43. The minimum absolute atomic E-state index is 0.0332. The highest BCUT2D eigenvalue weighted by molar-refractivity contribution is 6.32. The quantitative estimate of drug-likeness (QED) is 0.499. The topological polar surface area (TPSA) is 88.2 Å². The number of halogens is 5. The van der Waals surface area contributed by atoms with Crippen molar-refractivity contribution in [3.63, 3.8) is 0 Å². The Kier molecular flexibility index (Phi) is 5.80. The van der Waals surface area contributed by atoms with Crippen molar-refractivity contribution in [2.24, 2.45) is 7.05 Å². The smallest absolute Gasteiger partial charge is 0.329 e. The molecule has 1 aromatic carbocycles. The van der Waals surface area contributed by atoms with E-state index >= 15 is 0 Å². The van der Waals surface area contributed by atoms with Crippen molar-refractivity contribution >= 4 is 40.1 Å². The van der Waals surface area contributed by atoms with Gasteiger partial charge in [0.15, 0.2) is 5.82 Å². The predicted molar refractivity (Wildman–Crippen MR) is 121 cm³/mol. The Hall–Kier alpha value is -2.86. The average Bonchev–Trinajstić information content (AvgIpc) is 3.09. The van der Waals surface area contributed by atoms with Gasteiger partial charge in [0.2, 0.25) is 5.95 Å². The van der Waals surface area contributed by atoms with Crippen molar-refractivity contribution in [3.8, 4) is 0 Å². The number of rotatable bonds is 6. The summed E-state index contributed by atoms with van der Waals surface area (Å²) >= 11 is 6.15. The molecule has 2 aromatic heterocycles. The zero-order valence-corrected chi connectivity index (χ0v) is 19.4. The highest BCUT2D eigenvalue weighted by atomic mass is 35.5. The van der Waals surface area contributed by atoms with Crippen LogP contribution in [0.5, 0.6) is 0 Å². The Morgan fingerprint density at radius 2 is 1.82 bits per heavy atom. The molecular formula is C21H23ClF4N6O2. The van der Waals surface area contributed by atoms with Crippen LogP contribution in [0.25, 0.3) is 11.0 Å². The molecule has 2 N–H and O–H groups in total. The van der Waals surface area contributed by atoms with Crippen LogP contribution in [0, 0.1) is 0 Å². The molecule has 1 aliphatic rings. The number of hydrogen-bond donors (Lipinski definition) is 2. The van der Waals surface area contributed by atoms with Crippen molar-refractivity contribution in [1.82, 2.24) is 19.1 Å². The van der Waals surface area contributed by atoms with Crippen LogP contribution in [0.2, 0.25) is 5.02 Å². The van der Waals surface area contributed by atoms with E-state index in [0.717, 1.165) is 6.20 Å². The summed E-state index contributed by atoms with van der Waals surface area (Å²) < 4.78 is 57.4. The second-order valence-electron chi connectivity index (χ2n) is 9.02. The van der Waals surface area contributed by atoms with Crippen LogP contribution in [0.15, 0.2) is 29.2 Å². The number of alkyl halides is 4. The third-order valence-corrected chi connectivity index (χ3v) is 5.96. The number of benzene rings is 1. The number of aryl methyl sites for hydroxylation is 2. The van der Waals surface area contributed by atoms with Gasteiger partial charge in [0.25, 0.3) is 0 Å². The lowest BCUT2D eigenvalue weighted by Crippen LogP contribution is -2.38. The summed E-state index contributed by atoms with van der Waals surface area (Å²) in [6.07, 6.45) is 1.48. The Morgan fingerprint density at radius 3 is 2.44 bits per heavy atom. The Labute approximate surface area is 196 Å². The lowest BCUT2D eigenvalue weighted by Gasteiger charge is -2.17. The molecule has 3 heterocycles. The molecule has 0 spiro atoms. The molecule has 0 aliphatic carbocycles. The summed E-state index contributed by atoms with van der Waals surface area (Å²) in [6, 6.07) is 5.05. The van der Waals surface area contributed by atoms with Crippen LogP contribution in [0.3, 0.4) is 0 Å². The van der Waals surface area contributed by atoms with E-state index in [0.29, 0.717) is 28.0 Å². The molecule has 1 aliphatic heterocycles. The van der Waals surface area contributed by atoms with E-state index in [-0.39, 0.29) is 29.0 Å². The normalized spacial score (nSPS) is 17.5. The molecule has 0 unspecified atom stereocenters. The van der Waals surface area contributed by atoms with Gasteiger partial charge in [-0.05, 0) is 38.5 Å². The molecule has 8 nitrogen and oxygen atoms in total. The summed E-state index contributed by atoms with van der Waals surface area (Å²) in [6.45, 7) is 1.14. The van der Waals surface area contributed by atoms with Crippen molar-refractivity contribution in [1.29, 1.82) is 0 Å². The van der Waals surface area contributed by atoms with Gasteiger partial charge in [0.1, 0.15) is 5.02 Å². The fraction of sp³-hybridized carbons (Fsp3) is 0.476. The third-order valence-electron chi connectivity index (χ3n) is 5.68. The maximum absolute atomic E-state index is 13.6. The van der Waals surface area contributed by atoms with Gasteiger partial charge in [0.05, 0.1) is 35.9 Å². The van der Waals surface area contributed by atoms with Crippen LogP contribution >= 0.6 is 11.6 Å². The second-order valence-corrected chi connectivity index (χ2v) is 9.42. The monoisotopic (exact) mass is 502 g/mol. The van der Waals surface area contributed by atoms with E-state index in [1.54, 1.807) is 39.1 Å². The van der Waals surface area contributed by atoms with Gasteiger partial charge in [-0.1, -0.05) is 11.6 Å². The van der Waals surface area contributed by atoms with Gasteiger partial charge >= 0.3 is 17.5 Å². The molecule has 1 saturated heterocycles. The molecule has 0 saturated carbocycles. The van der Waals surface area contributed by atoms with Crippen LogP contribution in [0.4, 0.5) is 35.0 Å². The van der Waals surface area contributed by atoms with Crippen molar-refractivity contribution in [2.45, 2.75) is 44.3 Å². The maximum atomic E-state index is 13.6. The van der Waals surface area contributed by atoms with E-state index in [9.17, 15) is 27.5 Å². The van der Waals surface area contributed by atoms with Crippen molar-refractivity contribution in [2.75, 3.05) is 23.3 Å². The highest BCUT2D eigenvalue weighted by Gasteiger charge is 2.63. The Morgan fingerprint density at radius 1 is 1.18 bits per heavy atom. The molecule has 3 aromatic rings. The minimum atomic E-state index is -4.20. The summed E-state index contributed by atoms with van der Waals surface area (Å²) in [5, 5.41) is 13.0. The first-order chi connectivity index (χ1) is 15.7. The number of aromatic nitrogens is 4. The fourth-order valence-corrected chi connectivity index (χ4v) is 3.87. The highest BCUT2D eigenvalue weighted by Crippen LogP contribution is 2.42. The van der Waals surface area contributed by atoms with Gasteiger partial charge in [-0.25, -0.2) is 9.78 Å². The molecule has 184 valence electrons. The number of anilines is 3. The summed E-state index contributed by atoms with van der Waals surface area (Å²) in [5.41, 5.74) is 0.493. The summed E-state index contributed by atoms with van der Waals surface area (Å²) in [4.78, 5) is 21.3. The fourth-order valence-electron chi connectivity index (χ4n) is 3.73. The summed E-state index contributed by atoms with van der Waals surface area (Å²) in [7, 11) is 1.63. The molecule has 0 amide bonds. The predicted octanol–water partition coefficient (Wildman–Crippen LogP) is 3.78. The standard InChI is InChI=1S/C21H23ClF4N6O2/c1-19(2,34)6-7-32-15-8-12(4-5-14(15)30(3)18(32)33)28-16-13(22)9-27-17(29-16)31-10-20(23,24)21(25,26)11-31/h4-5,8-9,34H,6-7,10-11H2,1-3H3,(H,27,28,29).